The predicted octanol–water partition coefficient (Wildman–Crippen LogP) is 5.02. The molecule has 0 aliphatic heterocycles. The molecule has 21 heavy (non-hydrogen) atoms. The minimum atomic E-state index is -0.0371. The minimum absolute atomic E-state index is 0.0371. The number of halogens is 2. The fraction of sp³-hybridized carbons (Fsp3) is 0.235. The van der Waals surface area contributed by atoms with Crippen molar-refractivity contribution in [2.45, 2.75) is 25.3 Å². The Morgan fingerprint density at radius 1 is 1.14 bits per heavy atom. The topological polar surface area (TPSA) is 29.1 Å². The van der Waals surface area contributed by atoms with Crippen molar-refractivity contribution in [2.24, 2.45) is 0 Å². The van der Waals surface area contributed by atoms with E-state index in [1.54, 1.807) is 0 Å². The van der Waals surface area contributed by atoms with E-state index in [1.807, 2.05) is 24.3 Å². The third-order valence-corrected chi connectivity index (χ3v) is 5.03. The molecule has 1 unspecified atom stereocenters. The van der Waals surface area contributed by atoms with Crippen molar-refractivity contribution in [1.82, 2.24) is 5.32 Å². The molecule has 0 bridgehead atoms. The molecule has 0 saturated heterocycles. The zero-order chi connectivity index (χ0) is 14.8. The SMILES string of the molecule is O=C(NC1CCCc2ccccc21)c1cc(Br)ccc1Br. The zero-order valence-electron chi connectivity index (χ0n) is 11.4. The van der Waals surface area contributed by atoms with Crippen molar-refractivity contribution < 1.29 is 4.79 Å². The smallest absolute Gasteiger partial charge is 0.252 e. The molecule has 0 spiro atoms. The number of amides is 1. The van der Waals surface area contributed by atoms with E-state index in [0.29, 0.717) is 5.56 Å². The summed E-state index contributed by atoms with van der Waals surface area (Å²) in [6.07, 6.45) is 3.21. The molecule has 1 N–H and O–H groups in total. The third-order valence-electron chi connectivity index (χ3n) is 3.85. The molecule has 4 heteroatoms. The number of carbonyl (C=O) groups is 1. The maximum Gasteiger partial charge on any atom is 0.252 e. The van der Waals surface area contributed by atoms with Crippen LogP contribution in [-0.4, -0.2) is 5.91 Å². The molecule has 0 fully saturated rings. The molecule has 2 aromatic rings. The number of fused-ring (bicyclic) bond motifs is 1. The highest BCUT2D eigenvalue weighted by atomic mass is 79.9. The Kier molecular flexibility index (Phi) is 4.45. The van der Waals surface area contributed by atoms with Crippen molar-refractivity contribution in [2.75, 3.05) is 0 Å². The summed E-state index contributed by atoms with van der Waals surface area (Å²) in [4.78, 5) is 12.5. The Morgan fingerprint density at radius 3 is 2.81 bits per heavy atom. The molecule has 3 rings (SSSR count). The van der Waals surface area contributed by atoms with Crippen molar-refractivity contribution in [1.29, 1.82) is 0 Å². The van der Waals surface area contributed by atoms with Crippen LogP contribution in [0.3, 0.4) is 0 Å². The first kappa shape index (κ1) is 14.8. The first-order valence-electron chi connectivity index (χ1n) is 6.99. The maximum absolute atomic E-state index is 12.5. The Morgan fingerprint density at radius 2 is 1.95 bits per heavy atom. The molecule has 1 atom stereocenters. The summed E-state index contributed by atoms with van der Waals surface area (Å²) < 4.78 is 1.71. The number of benzene rings is 2. The number of carbonyl (C=O) groups excluding carboxylic acids is 1. The molecule has 108 valence electrons. The lowest BCUT2D eigenvalue weighted by Gasteiger charge is -2.26. The highest BCUT2D eigenvalue weighted by molar-refractivity contribution is 9.11. The Balaban J connectivity index is 1.84. The third kappa shape index (κ3) is 3.22. The van der Waals surface area contributed by atoms with E-state index in [1.165, 1.54) is 11.1 Å². The molecule has 0 radical (unpaired) electrons. The van der Waals surface area contributed by atoms with E-state index in [4.69, 9.17) is 0 Å². The fourth-order valence-electron chi connectivity index (χ4n) is 2.81. The van der Waals surface area contributed by atoms with Crippen LogP contribution < -0.4 is 5.32 Å². The summed E-state index contributed by atoms with van der Waals surface area (Å²) in [6, 6.07) is 14.1. The van der Waals surface area contributed by atoms with Gasteiger partial charge in [0.05, 0.1) is 11.6 Å². The molecule has 1 aliphatic carbocycles. The second kappa shape index (κ2) is 6.32. The Labute approximate surface area is 141 Å². The van der Waals surface area contributed by atoms with Gasteiger partial charge in [0.2, 0.25) is 0 Å². The number of nitrogens with one attached hydrogen (secondary N) is 1. The van der Waals surface area contributed by atoms with Crippen LogP contribution in [0.5, 0.6) is 0 Å². The minimum Gasteiger partial charge on any atom is -0.345 e. The average molecular weight is 409 g/mol. The van der Waals surface area contributed by atoms with Gasteiger partial charge in [-0.3, -0.25) is 4.79 Å². The van der Waals surface area contributed by atoms with E-state index in [2.05, 4.69) is 55.4 Å². The van der Waals surface area contributed by atoms with Crippen LogP contribution in [-0.2, 0) is 6.42 Å². The van der Waals surface area contributed by atoms with Gasteiger partial charge in [0.25, 0.3) is 5.91 Å². The van der Waals surface area contributed by atoms with Crippen LogP contribution in [0.2, 0.25) is 0 Å². The highest BCUT2D eigenvalue weighted by Gasteiger charge is 2.22. The molecule has 2 nitrogen and oxygen atoms in total. The maximum atomic E-state index is 12.5. The van der Waals surface area contributed by atoms with Gasteiger partial charge in [-0.05, 0) is 64.5 Å². The van der Waals surface area contributed by atoms with Crippen LogP contribution in [0.15, 0.2) is 51.4 Å². The van der Waals surface area contributed by atoms with E-state index in [9.17, 15) is 4.79 Å². The van der Waals surface area contributed by atoms with Gasteiger partial charge < -0.3 is 5.32 Å². The molecule has 1 aliphatic rings. The summed E-state index contributed by atoms with van der Waals surface area (Å²) in [6.45, 7) is 0. The largest absolute Gasteiger partial charge is 0.345 e. The van der Waals surface area contributed by atoms with Crippen LogP contribution >= 0.6 is 31.9 Å². The van der Waals surface area contributed by atoms with Crippen LogP contribution in [0, 0.1) is 0 Å². The number of aryl methyl sites for hydroxylation is 1. The van der Waals surface area contributed by atoms with E-state index >= 15 is 0 Å². The second-order valence-corrected chi connectivity index (χ2v) is 7.01. The highest BCUT2D eigenvalue weighted by Crippen LogP contribution is 2.30. The lowest BCUT2D eigenvalue weighted by atomic mass is 9.87. The van der Waals surface area contributed by atoms with Gasteiger partial charge in [-0.1, -0.05) is 40.2 Å². The first-order valence-corrected chi connectivity index (χ1v) is 8.57. The lowest BCUT2D eigenvalue weighted by molar-refractivity contribution is 0.0932. The van der Waals surface area contributed by atoms with Crippen LogP contribution in [0.25, 0.3) is 0 Å². The van der Waals surface area contributed by atoms with E-state index in [0.717, 1.165) is 28.2 Å². The lowest BCUT2D eigenvalue weighted by Crippen LogP contribution is -2.31. The number of hydrogen-bond donors (Lipinski definition) is 1. The molecule has 0 aromatic heterocycles. The molecule has 1 amide bonds. The van der Waals surface area contributed by atoms with E-state index in [-0.39, 0.29) is 11.9 Å². The normalized spacial score (nSPS) is 17.1. The summed E-state index contributed by atoms with van der Waals surface area (Å²) in [5, 5.41) is 3.17. The molecule has 0 saturated carbocycles. The van der Waals surface area contributed by atoms with Crippen molar-refractivity contribution in [3.63, 3.8) is 0 Å². The Bertz CT molecular complexity index is 684. The molecular weight excluding hydrogens is 394 g/mol. The van der Waals surface area contributed by atoms with E-state index < -0.39 is 0 Å². The summed E-state index contributed by atoms with van der Waals surface area (Å²) in [5.74, 6) is -0.0371. The van der Waals surface area contributed by atoms with Crippen LogP contribution in [0.4, 0.5) is 0 Å². The number of hydrogen-bond acceptors (Lipinski definition) is 1. The molecule has 2 aromatic carbocycles. The molecular formula is C17H15Br2NO. The predicted molar refractivity (Wildman–Crippen MR) is 91.4 cm³/mol. The quantitative estimate of drug-likeness (QED) is 0.742. The van der Waals surface area contributed by atoms with Gasteiger partial charge in [0.15, 0.2) is 0 Å². The van der Waals surface area contributed by atoms with Crippen LogP contribution in [0.1, 0.15) is 40.4 Å². The number of rotatable bonds is 2. The van der Waals surface area contributed by atoms with Gasteiger partial charge in [0.1, 0.15) is 0 Å². The second-order valence-electron chi connectivity index (χ2n) is 5.24. The van der Waals surface area contributed by atoms with Gasteiger partial charge in [-0.25, -0.2) is 0 Å². The summed E-state index contributed by atoms with van der Waals surface area (Å²) in [7, 11) is 0. The van der Waals surface area contributed by atoms with Crippen molar-refractivity contribution >= 4 is 37.8 Å². The zero-order valence-corrected chi connectivity index (χ0v) is 14.6. The Hall–Kier alpha value is -1.13. The standard InChI is InChI=1S/C17H15Br2NO/c18-12-8-9-15(19)14(10-12)17(21)20-16-7-3-5-11-4-1-2-6-13(11)16/h1-2,4,6,8-10,16H,3,5,7H2,(H,20,21). The molecule has 0 heterocycles. The fourth-order valence-corrected chi connectivity index (χ4v) is 3.60. The first-order chi connectivity index (χ1) is 10.1. The van der Waals surface area contributed by atoms with Gasteiger partial charge in [-0.15, -0.1) is 0 Å². The van der Waals surface area contributed by atoms with Crippen molar-refractivity contribution in [3.8, 4) is 0 Å². The van der Waals surface area contributed by atoms with Gasteiger partial charge in [0, 0.05) is 8.95 Å². The van der Waals surface area contributed by atoms with Gasteiger partial charge in [-0.2, -0.15) is 0 Å². The average Bonchev–Trinajstić information content (AvgIpc) is 2.50. The monoisotopic (exact) mass is 407 g/mol. The van der Waals surface area contributed by atoms with Gasteiger partial charge >= 0.3 is 0 Å². The summed E-state index contributed by atoms with van der Waals surface area (Å²) in [5.41, 5.74) is 3.26. The summed E-state index contributed by atoms with van der Waals surface area (Å²) >= 11 is 6.86. The van der Waals surface area contributed by atoms with Crippen molar-refractivity contribution in [3.05, 3.63) is 68.1 Å².